The summed E-state index contributed by atoms with van der Waals surface area (Å²) in [5.74, 6) is 0.237. The number of sulfone groups is 1. The first-order chi connectivity index (χ1) is 11.4. The van der Waals surface area contributed by atoms with Crippen LogP contribution in [0, 0.1) is 17.0 Å². The summed E-state index contributed by atoms with van der Waals surface area (Å²) in [4.78, 5) is 10.3. The molecule has 8 heteroatoms. The van der Waals surface area contributed by atoms with Crippen molar-refractivity contribution in [2.45, 2.75) is 22.8 Å². The van der Waals surface area contributed by atoms with Gasteiger partial charge >= 0.3 is 0 Å². The summed E-state index contributed by atoms with van der Waals surface area (Å²) in [5.41, 5.74) is 0.0190. The van der Waals surface area contributed by atoms with Gasteiger partial charge in [0, 0.05) is 0 Å². The Morgan fingerprint density at radius 3 is 2.58 bits per heavy atom. The topological polar surface area (TPSA) is 99.0 Å². The Kier molecular flexibility index (Phi) is 4.25. The van der Waals surface area contributed by atoms with Crippen molar-refractivity contribution in [1.82, 2.24) is 0 Å². The zero-order valence-corrected chi connectivity index (χ0v) is 13.7. The van der Waals surface area contributed by atoms with Crippen LogP contribution in [0.2, 0.25) is 0 Å². The smallest absolute Gasteiger partial charge is 0.292 e. The van der Waals surface area contributed by atoms with Crippen LogP contribution in [0.3, 0.4) is 0 Å². The Hall–Kier alpha value is -2.45. The Morgan fingerprint density at radius 1 is 1.25 bits per heavy atom. The van der Waals surface area contributed by atoms with Crippen LogP contribution in [-0.2, 0) is 14.6 Å². The van der Waals surface area contributed by atoms with Crippen molar-refractivity contribution >= 4 is 15.5 Å². The summed E-state index contributed by atoms with van der Waals surface area (Å²) in [7, 11) is -4.00. The molecule has 1 atom stereocenters. The van der Waals surface area contributed by atoms with Gasteiger partial charge < -0.3 is 9.47 Å². The summed E-state index contributed by atoms with van der Waals surface area (Å²) in [5, 5.41) is 11.3. The van der Waals surface area contributed by atoms with Crippen molar-refractivity contribution in [3.8, 4) is 5.75 Å². The summed E-state index contributed by atoms with van der Waals surface area (Å²) < 4.78 is 36.0. The highest BCUT2D eigenvalue weighted by Crippen LogP contribution is 2.33. The third kappa shape index (κ3) is 3.24. The van der Waals surface area contributed by atoms with Gasteiger partial charge in [-0.15, -0.1) is 0 Å². The molecule has 1 saturated heterocycles. The molecule has 1 aliphatic heterocycles. The molecule has 0 N–H and O–H groups in total. The summed E-state index contributed by atoms with van der Waals surface area (Å²) in [6.45, 7) is 2.52. The van der Waals surface area contributed by atoms with E-state index >= 15 is 0 Å². The van der Waals surface area contributed by atoms with E-state index < -0.39 is 20.4 Å². The fourth-order valence-corrected chi connectivity index (χ4v) is 3.93. The molecule has 0 radical (unpaired) electrons. The van der Waals surface area contributed by atoms with Crippen LogP contribution in [0.1, 0.15) is 5.56 Å². The highest BCUT2D eigenvalue weighted by molar-refractivity contribution is 7.91. The lowest BCUT2D eigenvalue weighted by molar-refractivity contribution is -0.387. The Labute approximate surface area is 138 Å². The first kappa shape index (κ1) is 16.4. The molecule has 7 nitrogen and oxygen atoms in total. The van der Waals surface area contributed by atoms with Gasteiger partial charge in [0.15, 0.2) is 0 Å². The van der Waals surface area contributed by atoms with Gasteiger partial charge in [-0.05, 0) is 30.7 Å². The molecule has 0 aliphatic carbocycles. The zero-order chi connectivity index (χ0) is 17.3. The third-order valence-corrected chi connectivity index (χ3v) is 5.60. The Morgan fingerprint density at radius 2 is 1.96 bits per heavy atom. The molecule has 24 heavy (non-hydrogen) atoms. The molecule has 3 rings (SSSR count). The molecule has 2 aromatic carbocycles. The van der Waals surface area contributed by atoms with Crippen molar-refractivity contribution in [2.24, 2.45) is 0 Å². The molecule has 0 spiro atoms. The second-order valence-electron chi connectivity index (χ2n) is 5.42. The molecular weight excluding hydrogens is 334 g/mol. The lowest BCUT2D eigenvalue weighted by atomic mass is 10.2. The van der Waals surface area contributed by atoms with Crippen molar-refractivity contribution < 1.29 is 22.8 Å². The molecule has 1 unspecified atom stereocenters. The van der Waals surface area contributed by atoms with Gasteiger partial charge in [-0.3, -0.25) is 10.1 Å². The number of benzene rings is 2. The van der Waals surface area contributed by atoms with Crippen LogP contribution in [0.5, 0.6) is 5.75 Å². The van der Waals surface area contributed by atoms with E-state index in [1.54, 1.807) is 25.1 Å². The van der Waals surface area contributed by atoms with E-state index in [2.05, 4.69) is 0 Å². The average molecular weight is 349 g/mol. The number of rotatable bonds is 6. The van der Waals surface area contributed by atoms with Crippen LogP contribution in [-0.4, -0.2) is 32.7 Å². The van der Waals surface area contributed by atoms with Crippen LogP contribution in [0.15, 0.2) is 52.3 Å². The maximum absolute atomic E-state index is 12.8. The fourth-order valence-electron chi connectivity index (χ4n) is 2.29. The van der Waals surface area contributed by atoms with E-state index in [1.165, 1.54) is 18.2 Å². The molecule has 1 fully saturated rings. The lowest BCUT2D eigenvalue weighted by Crippen LogP contribution is -2.09. The fraction of sp³-hybridized carbons (Fsp3) is 0.250. The number of aryl methyl sites for hydroxylation is 1. The number of nitrogens with zero attached hydrogens (tertiary/aromatic N) is 1. The minimum atomic E-state index is -4.00. The molecular formula is C16H15NO6S. The quantitative estimate of drug-likeness (QED) is 0.451. The van der Waals surface area contributed by atoms with E-state index in [0.29, 0.717) is 12.2 Å². The van der Waals surface area contributed by atoms with Gasteiger partial charge in [0.2, 0.25) is 9.84 Å². The summed E-state index contributed by atoms with van der Waals surface area (Å²) >= 11 is 0. The van der Waals surface area contributed by atoms with E-state index in [1.807, 2.05) is 0 Å². The second-order valence-corrected chi connectivity index (χ2v) is 7.31. The average Bonchev–Trinajstić information content (AvgIpc) is 3.37. The summed E-state index contributed by atoms with van der Waals surface area (Å²) in [6, 6.07) is 10.1. The summed E-state index contributed by atoms with van der Waals surface area (Å²) in [6.07, 6.45) is -0.000524. The molecule has 0 bridgehead atoms. The van der Waals surface area contributed by atoms with Gasteiger partial charge in [-0.25, -0.2) is 8.42 Å². The molecule has 126 valence electrons. The molecule has 0 aromatic heterocycles. The molecule has 0 amide bonds. The largest absolute Gasteiger partial charge is 0.491 e. The first-order valence-electron chi connectivity index (χ1n) is 7.23. The molecule has 1 aliphatic rings. The molecule has 2 aromatic rings. The zero-order valence-electron chi connectivity index (χ0n) is 12.8. The maximum Gasteiger partial charge on any atom is 0.292 e. The van der Waals surface area contributed by atoms with E-state index in [0.717, 1.165) is 6.07 Å². The van der Waals surface area contributed by atoms with Crippen LogP contribution < -0.4 is 4.74 Å². The van der Waals surface area contributed by atoms with Crippen molar-refractivity contribution in [3.05, 3.63) is 58.1 Å². The Balaban J connectivity index is 2.02. The highest BCUT2D eigenvalue weighted by atomic mass is 32.2. The van der Waals surface area contributed by atoms with Crippen LogP contribution >= 0.6 is 0 Å². The van der Waals surface area contributed by atoms with Crippen molar-refractivity contribution in [1.29, 1.82) is 0 Å². The minimum absolute atomic E-state index is 0.000524. The predicted octanol–water partition coefficient (Wildman–Crippen LogP) is 2.51. The molecule has 0 saturated carbocycles. The van der Waals surface area contributed by atoms with Gasteiger partial charge in [-0.1, -0.05) is 18.2 Å². The standard InChI is InChI=1S/C16H15NO6S/c1-11-4-2-3-5-15(11)24(20,21)16-7-6-12(8-14(16)17(18)19)22-9-13-10-23-13/h2-8,13H,9-10H2,1H3. The van der Waals surface area contributed by atoms with E-state index in [-0.39, 0.29) is 28.3 Å². The van der Waals surface area contributed by atoms with Crippen molar-refractivity contribution in [3.63, 3.8) is 0 Å². The van der Waals surface area contributed by atoms with Crippen LogP contribution in [0.25, 0.3) is 0 Å². The number of hydrogen-bond acceptors (Lipinski definition) is 6. The van der Waals surface area contributed by atoms with Crippen LogP contribution in [0.4, 0.5) is 5.69 Å². The lowest BCUT2D eigenvalue weighted by Gasteiger charge is -2.10. The number of nitro benzene ring substituents is 1. The second kappa shape index (κ2) is 6.21. The van der Waals surface area contributed by atoms with Gasteiger partial charge in [0.25, 0.3) is 5.69 Å². The number of epoxide rings is 1. The molecule has 1 heterocycles. The number of ether oxygens (including phenoxy) is 2. The van der Waals surface area contributed by atoms with Gasteiger partial charge in [-0.2, -0.15) is 0 Å². The monoisotopic (exact) mass is 349 g/mol. The minimum Gasteiger partial charge on any atom is -0.491 e. The number of hydrogen-bond donors (Lipinski definition) is 0. The SMILES string of the molecule is Cc1ccccc1S(=O)(=O)c1ccc(OCC2CO2)cc1[N+](=O)[O-]. The van der Waals surface area contributed by atoms with E-state index in [9.17, 15) is 18.5 Å². The van der Waals surface area contributed by atoms with Gasteiger partial charge in [0.05, 0.1) is 22.5 Å². The van der Waals surface area contributed by atoms with Crippen molar-refractivity contribution in [2.75, 3.05) is 13.2 Å². The Bertz CT molecular complexity index is 889. The normalized spacial score (nSPS) is 16.6. The first-order valence-corrected chi connectivity index (χ1v) is 8.71. The number of nitro groups is 1. The maximum atomic E-state index is 12.8. The highest BCUT2D eigenvalue weighted by Gasteiger charge is 2.30. The predicted molar refractivity (Wildman–Crippen MR) is 85.0 cm³/mol. The third-order valence-electron chi connectivity index (χ3n) is 3.64. The van der Waals surface area contributed by atoms with E-state index in [4.69, 9.17) is 9.47 Å². The van der Waals surface area contributed by atoms with Gasteiger partial charge in [0.1, 0.15) is 23.4 Å².